The predicted octanol–water partition coefficient (Wildman–Crippen LogP) is -1.63. The molecule has 0 fully saturated rings. The second-order valence-corrected chi connectivity index (χ2v) is 1.54. The molecular weight excluding hydrogens is 227 g/mol. The van der Waals surface area contributed by atoms with Crippen molar-refractivity contribution in [3.63, 3.8) is 0 Å². The van der Waals surface area contributed by atoms with Crippen LogP contribution >= 0.6 is 0 Å². The SMILES string of the molecule is NS(=O)(=O)O.[Cs]. The molecule has 0 amide bonds. The van der Waals surface area contributed by atoms with Gasteiger partial charge in [0.25, 0.3) is 0 Å². The fourth-order valence-electron chi connectivity index (χ4n) is 0. The van der Waals surface area contributed by atoms with Gasteiger partial charge in [0.2, 0.25) is 0 Å². The van der Waals surface area contributed by atoms with Crippen LogP contribution in [0.4, 0.5) is 0 Å². The Hall–Kier alpha value is 1.92. The van der Waals surface area contributed by atoms with Crippen molar-refractivity contribution < 1.29 is 13.0 Å². The first-order valence-corrected chi connectivity index (χ1v) is 2.25. The van der Waals surface area contributed by atoms with Crippen molar-refractivity contribution in [3.8, 4) is 0 Å². The average molecular weight is 230 g/mol. The van der Waals surface area contributed by atoms with Crippen molar-refractivity contribution in [1.82, 2.24) is 0 Å². The van der Waals surface area contributed by atoms with Crippen LogP contribution in [0.2, 0.25) is 0 Å². The first-order chi connectivity index (χ1) is 2.00. The Morgan fingerprint density at radius 1 is 1.50 bits per heavy atom. The molecule has 0 aliphatic carbocycles. The molecule has 0 aromatic carbocycles. The monoisotopic (exact) mass is 230 g/mol. The smallest absolute Gasteiger partial charge is 0.274 e. The summed E-state index contributed by atoms with van der Waals surface area (Å²) in [5, 5.41) is 3.88. The van der Waals surface area contributed by atoms with Gasteiger partial charge in [0.15, 0.2) is 0 Å². The molecule has 0 saturated heterocycles. The third-order valence-corrected chi connectivity index (χ3v) is 0. The first kappa shape index (κ1) is 10.8. The van der Waals surface area contributed by atoms with Crippen LogP contribution in [-0.2, 0) is 10.3 Å². The molecule has 33 valence electrons. The second kappa shape index (κ2) is 3.87. The minimum Gasteiger partial charge on any atom is -0.274 e. The molecule has 0 aromatic rings. The van der Waals surface area contributed by atoms with Crippen LogP contribution in [0.25, 0.3) is 0 Å². The van der Waals surface area contributed by atoms with Gasteiger partial charge >= 0.3 is 10.3 Å². The van der Waals surface area contributed by atoms with E-state index in [0.29, 0.717) is 0 Å². The summed E-state index contributed by atoms with van der Waals surface area (Å²) in [6.07, 6.45) is 0. The Balaban J connectivity index is 0. The topological polar surface area (TPSA) is 80.4 Å². The summed E-state index contributed by atoms with van der Waals surface area (Å²) in [6, 6.07) is 0. The molecule has 6 heteroatoms. The number of hydrogen-bond acceptors (Lipinski definition) is 2. The van der Waals surface area contributed by atoms with Crippen LogP contribution in [-0.4, -0.2) is 81.9 Å². The summed E-state index contributed by atoms with van der Waals surface area (Å²) in [5.74, 6) is 0. The molecular formula is H3CsNO3S. The van der Waals surface area contributed by atoms with Crippen molar-refractivity contribution in [2.75, 3.05) is 0 Å². The fourth-order valence-corrected chi connectivity index (χ4v) is 0. The number of nitrogens with two attached hydrogens (primary N) is 1. The van der Waals surface area contributed by atoms with Crippen LogP contribution in [0.15, 0.2) is 0 Å². The summed E-state index contributed by atoms with van der Waals surface area (Å²) in [7, 11) is -4.17. The third-order valence-electron chi connectivity index (χ3n) is 0. The Bertz CT molecular complexity index is 94.0. The first-order valence-electron chi connectivity index (χ1n) is 0.752. The molecule has 1 radical (unpaired) electrons. The zero-order chi connectivity index (χ0) is 4.50. The maximum atomic E-state index is 8.97. The van der Waals surface area contributed by atoms with Gasteiger partial charge in [0, 0.05) is 68.9 Å². The molecule has 3 N–H and O–H groups in total. The molecule has 0 aromatic heterocycles. The molecule has 0 rings (SSSR count). The zero-order valence-corrected chi connectivity index (χ0v) is 10.3. The van der Waals surface area contributed by atoms with Gasteiger partial charge in [-0.05, 0) is 0 Å². The fraction of sp³-hybridized carbons (Fsp3) is 0. The normalized spacial score (nSPS) is 9.67. The molecule has 0 saturated carbocycles. The van der Waals surface area contributed by atoms with Crippen LogP contribution in [0.3, 0.4) is 0 Å². The molecule has 0 spiro atoms. The van der Waals surface area contributed by atoms with E-state index in [4.69, 9.17) is 13.0 Å². The van der Waals surface area contributed by atoms with Gasteiger partial charge in [-0.1, -0.05) is 0 Å². The zero-order valence-electron chi connectivity index (χ0n) is 3.25. The molecule has 0 unspecified atom stereocenters. The van der Waals surface area contributed by atoms with Crippen LogP contribution in [0.5, 0.6) is 0 Å². The quantitative estimate of drug-likeness (QED) is 0.490. The van der Waals surface area contributed by atoms with Crippen molar-refractivity contribution >= 4 is 79.2 Å². The van der Waals surface area contributed by atoms with Crippen LogP contribution < -0.4 is 5.14 Å². The summed E-state index contributed by atoms with van der Waals surface area (Å²) in [4.78, 5) is 0. The Morgan fingerprint density at radius 2 is 1.50 bits per heavy atom. The summed E-state index contributed by atoms with van der Waals surface area (Å²) in [6.45, 7) is 0. The number of rotatable bonds is 0. The van der Waals surface area contributed by atoms with Gasteiger partial charge < -0.3 is 0 Å². The van der Waals surface area contributed by atoms with Gasteiger partial charge in [-0.25, -0.2) is 5.14 Å². The van der Waals surface area contributed by atoms with E-state index >= 15 is 0 Å². The van der Waals surface area contributed by atoms with E-state index < -0.39 is 10.3 Å². The van der Waals surface area contributed by atoms with Crippen LogP contribution in [0, 0.1) is 0 Å². The third kappa shape index (κ3) is 38.8. The summed E-state index contributed by atoms with van der Waals surface area (Å²) >= 11 is 0. The largest absolute Gasteiger partial charge is 0.330 e. The van der Waals surface area contributed by atoms with Crippen molar-refractivity contribution in [1.29, 1.82) is 0 Å². The van der Waals surface area contributed by atoms with E-state index in [0.717, 1.165) is 0 Å². The maximum Gasteiger partial charge on any atom is 0.330 e. The van der Waals surface area contributed by atoms with Gasteiger partial charge in [0.1, 0.15) is 0 Å². The van der Waals surface area contributed by atoms with E-state index in [2.05, 4.69) is 5.14 Å². The van der Waals surface area contributed by atoms with Gasteiger partial charge in [-0.2, -0.15) is 8.42 Å². The molecule has 0 bridgehead atoms. The minimum absolute atomic E-state index is 0. The molecule has 6 heavy (non-hydrogen) atoms. The Kier molecular flexibility index (Phi) is 6.98. The Morgan fingerprint density at radius 3 is 1.50 bits per heavy atom. The van der Waals surface area contributed by atoms with Crippen molar-refractivity contribution in [2.24, 2.45) is 5.14 Å². The average Bonchev–Trinajstić information content (AvgIpc) is 0.722. The Labute approximate surface area is 94.8 Å². The predicted molar refractivity (Wildman–Crippen MR) is 21.5 cm³/mol. The molecule has 0 aliphatic heterocycles. The van der Waals surface area contributed by atoms with E-state index in [9.17, 15) is 0 Å². The molecule has 4 nitrogen and oxygen atoms in total. The summed E-state index contributed by atoms with van der Waals surface area (Å²) < 4.78 is 25.2. The second-order valence-electron chi connectivity index (χ2n) is 0.515. The van der Waals surface area contributed by atoms with Crippen molar-refractivity contribution in [3.05, 3.63) is 0 Å². The van der Waals surface area contributed by atoms with E-state index in [-0.39, 0.29) is 68.9 Å². The van der Waals surface area contributed by atoms with Crippen molar-refractivity contribution in [2.45, 2.75) is 0 Å². The minimum atomic E-state index is -4.17. The molecule has 0 aliphatic rings. The van der Waals surface area contributed by atoms with Crippen LogP contribution in [0.1, 0.15) is 0 Å². The number of hydrogen-bond donors (Lipinski definition) is 2. The van der Waals surface area contributed by atoms with E-state index in [1.54, 1.807) is 0 Å². The van der Waals surface area contributed by atoms with E-state index in [1.165, 1.54) is 0 Å². The maximum absolute atomic E-state index is 8.97. The molecule has 0 heterocycles. The van der Waals surface area contributed by atoms with Gasteiger partial charge in [-0.3, -0.25) is 4.55 Å². The van der Waals surface area contributed by atoms with E-state index in [1.807, 2.05) is 0 Å². The summed E-state index contributed by atoms with van der Waals surface area (Å²) in [5.41, 5.74) is 0. The van der Waals surface area contributed by atoms with Gasteiger partial charge in [-0.15, -0.1) is 0 Å². The standard InChI is InChI=1S/Cs.H3NO3S/c;1-5(2,3)4/h;(H3,1,2,3,4). The van der Waals surface area contributed by atoms with Gasteiger partial charge in [0.05, 0.1) is 0 Å². The molecule has 0 atom stereocenters.